The zero-order chi connectivity index (χ0) is 23.8. The molecule has 184 valence electrons. The normalized spacial score (nSPS) is 20.3. The number of amides is 1. The highest BCUT2D eigenvalue weighted by Crippen LogP contribution is 2.38. The Bertz CT molecular complexity index is 1110. The Hall–Kier alpha value is -2.45. The van der Waals surface area contributed by atoms with Crippen molar-refractivity contribution in [2.75, 3.05) is 70.3 Å². The second-order valence-electron chi connectivity index (χ2n) is 9.89. The van der Waals surface area contributed by atoms with Crippen LogP contribution in [0.15, 0.2) is 23.1 Å². The molecule has 0 radical (unpaired) electrons. The molecule has 1 aliphatic carbocycles. The summed E-state index contributed by atoms with van der Waals surface area (Å²) in [4.78, 5) is 35.4. The van der Waals surface area contributed by atoms with Gasteiger partial charge in [-0.05, 0) is 44.5 Å². The zero-order valence-electron chi connectivity index (χ0n) is 20.4. The third-order valence-electron chi connectivity index (χ3n) is 7.63. The monoisotopic (exact) mass is 469 g/mol. The van der Waals surface area contributed by atoms with E-state index in [1.807, 2.05) is 6.07 Å². The summed E-state index contributed by atoms with van der Waals surface area (Å²) < 4.78 is 17.4. The highest BCUT2D eigenvalue weighted by Gasteiger charge is 2.30. The van der Waals surface area contributed by atoms with Crippen LogP contribution in [-0.4, -0.2) is 90.6 Å². The van der Waals surface area contributed by atoms with Gasteiger partial charge in [-0.25, -0.2) is 4.39 Å². The largest absolute Gasteiger partial charge is 0.367 e. The lowest BCUT2D eigenvalue weighted by molar-refractivity contribution is 0.0635. The second-order valence-corrected chi connectivity index (χ2v) is 9.89. The number of piperazine rings is 2. The Morgan fingerprint density at radius 3 is 2.26 bits per heavy atom. The smallest absolute Gasteiger partial charge is 0.259 e. The molecule has 3 aliphatic rings. The second kappa shape index (κ2) is 9.66. The third-order valence-corrected chi connectivity index (χ3v) is 7.63. The number of anilines is 1. The first kappa shape index (κ1) is 23.3. The summed E-state index contributed by atoms with van der Waals surface area (Å²) in [5.74, 6) is -0.604. The number of nitrogens with zero attached hydrogens (tertiary/aromatic N) is 5. The van der Waals surface area contributed by atoms with Crippen LogP contribution in [0.5, 0.6) is 0 Å². The molecule has 1 saturated carbocycles. The summed E-state index contributed by atoms with van der Waals surface area (Å²) in [6, 6.07) is 3.48. The molecule has 7 nitrogen and oxygen atoms in total. The number of aromatic nitrogens is 1. The number of rotatable bonds is 6. The molecule has 0 atom stereocenters. The Morgan fingerprint density at radius 1 is 0.971 bits per heavy atom. The zero-order valence-corrected chi connectivity index (χ0v) is 20.4. The average molecular weight is 470 g/mol. The molecule has 1 aromatic heterocycles. The van der Waals surface area contributed by atoms with Crippen LogP contribution in [0.4, 0.5) is 10.1 Å². The fourth-order valence-electron chi connectivity index (χ4n) is 5.37. The van der Waals surface area contributed by atoms with Gasteiger partial charge in [-0.1, -0.05) is 13.8 Å². The van der Waals surface area contributed by atoms with E-state index in [4.69, 9.17) is 0 Å². The number of fused-ring (bicyclic) bond motifs is 1. The van der Waals surface area contributed by atoms with Crippen LogP contribution >= 0.6 is 0 Å². The van der Waals surface area contributed by atoms with Gasteiger partial charge in [0.25, 0.3) is 5.91 Å². The molecule has 3 heterocycles. The number of hydrogen-bond donors (Lipinski definition) is 0. The molecule has 0 N–H and O–H groups in total. The standard InChI is InChI=1S/C26H36FN5O2/c1-3-7-29-10-14-31(15-11-29)26(34)21-18-32(19-5-6-19)23-17-24(22(27)16-20(23)25(21)33)30-12-8-28(4-2)9-13-30/h16-19H,3-15H2,1-2H3. The highest BCUT2D eigenvalue weighted by molar-refractivity contribution is 5.98. The number of carbonyl (C=O) groups excluding carboxylic acids is 1. The Kier molecular flexibility index (Phi) is 6.62. The van der Waals surface area contributed by atoms with E-state index in [1.165, 1.54) is 6.07 Å². The van der Waals surface area contributed by atoms with Crippen molar-refractivity contribution in [3.8, 4) is 0 Å². The summed E-state index contributed by atoms with van der Waals surface area (Å²) >= 11 is 0. The molecular weight excluding hydrogens is 433 g/mol. The molecule has 2 saturated heterocycles. The minimum atomic E-state index is -0.380. The SMILES string of the molecule is CCCN1CCN(C(=O)c2cn(C3CC3)c3cc(N4CCN(CC)CC4)c(F)cc3c2=O)CC1. The lowest BCUT2D eigenvalue weighted by Crippen LogP contribution is -2.49. The number of carbonyl (C=O) groups is 1. The van der Waals surface area contributed by atoms with E-state index in [9.17, 15) is 9.59 Å². The van der Waals surface area contributed by atoms with Crippen molar-refractivity contribution in [1.82, 2.24) is 19.3 Å². The maximum Gasteiger partial charge on any atom is 0.259 e. The van der Waals surface area contributed by atoms with Gasteiger partial charge in [0.1, 0.15) is 11.4 Å². The van der Waals surface area contributed by atoms with E-state index >= 15 is 4.39 Å². The van der Waals surface area contributed by atoms with Crippen molar-refractivity contribution in [2.45, 2.75) is 39.2 Å². The van der Waals surface area contributed by atoms with Gasteiger partial charge in [0.2, 0.25) is 5.43 Å². The molecule has 2 aromatic rings. The van der Waals surface area contributed by atoms with E-state index in [1.54, 1.807) is 11.1 Å². The predicted octanol–water partition coefficient (Wildman–Crippen LogP) is 2.79. The van der Waals surface area contributed by atoms with Crippen LogP contribution in [0, 0.1) is 5.82 Å². The van der Waals surface area contributed by atoms with Crippen LogP contribution in [0.2, 0.25) is 0 Å². The van der Waals surface area contributed by atoms with Gasteiger partial charge in [0, 0.05) is 70.0 Å². The van der Waals surface area contributed by atoms with Crippen molar-refractivity contribution in [1.29, 1.82) is 0 Å². The first-order chi connectivity index (χ1) is 16.5. The van der Waals surface area contributed by atoms with Gasteiger partial charge in [-0.2, -0.15) is 0 Å². The maximum absolute atomic E-state index is 15.3. The van der Waals surface area contributed by atoms with Crippen molar-refractivity contribution >= 4 is 22.5 Å². The quantitative estimate of drug-likeness (QED) is 0.651. The summed E-state index contributed by atoms with van der Waals surface area (Å²) in [6.45, 7) is 12.6. The van der Waals surface area contributed by atoms with E-state index < -0.39 is 0 Å². The Labute approximate surface area is 200 Å². The van der Waals surface area contributed by atoms with Gasteiger partial charge in [-0.15, -0.1) is 0 Å². The minimum Gasteiger partial charge on any atom is -0.367 e. The van der Waals surface area contributed by atoms with Crippen LogP contribution < -0.4 is 10.3 Å². The van der Waals surface area contributed by atoms with Crippen molar-refractivity contribution in [2.24, 2.45) is 0 Å². The Morgan fingerprint density at radius 2 is 1.65 bits per heavy atom. The summed E-state index contributed by atoms with van der Waals surface area (Å²) in [7, 11) is 0. The van der Waals surface area contributed by atoms with Crippen LogP contribution in [0.1, 0.15) is 49.5 Å². The topological polar surface area (TPSA) is 52.0 Å². The van der Waals surface area contributed by atoms with Crippen LogP contribution in [-0.2, 0) is 0 Å². The molecule has 0 bridgehead atoms. The lowest BCUT2D eigenvalue weighted by atomic mass is 10.1. The molecule has 2 aliphatic heterocycles. The van der Waals surface area contributed by atoms with Gasteiger partial charge >= 0.3 is 0 Å². The fraction of sp³-hybridized carbons (Fsp3) is 0.615. The molecule has 1 amide bonds. The van der Waals surface area contributed by atoms with Gasteiger partial charge in [-0.3, -0.25) is 14.5 Å². The van der Waals surface area contributed by atoms with Gasteiger partial charge in [0.15, 0.2) is 0 Å². The van der Waals surface area contributed by atoms with E-state index in [2.05, 4.69) is 33.1 Å². The van der Waals surface area contributed by atoms with E-state index in [-0.39, 0.29) is 28.8 Å². The number of halogens is 1. The van der Waals surface area contributed by atoms with Crippen LogP contribution in [0.25, 0.3) is 10.9 Å². The van der Waals surface area contributed by atoms with Gasteiger partial charge < -0.3 is 19.3 Å². The molecule has 8 heteroatoms. The number of pyridine rings is 1. The van der Waals surface area contributed by atoms with E-state index in [0.29, 0.717) is 24.2 Å². The van der Waals surface area contributed by atoms with E-state index in [0.717, 1.165) is 77.1 Å². The maximum atomic E-state index is 15.3. The minimum absolute atomic E-state index is 0.173. The lowest BCUT2D eigenvalue weighted by Gasteiger charge is -2.36. The summed E-state index contributed by atoms with van der Waals surface area (Å²) in [5.41, 5.74) is 1.12. The number of hydrogen-bond acceptors (Lipinski definition) is 5. The first-order valence-electron chi connectivity index (χ1n) is 12.9. The van der Waals surface area contributed by atoms with Gasteiger partial charge in [0.05, 0.1) is 11.2 Å². The Balaban J connectivity index is 1.48. The molecule has 0 spiro atoms. The van der Waals surface area contributed by atoms with Crippen molar-refractivity contribution in [3.05, 3.63) is 39.9 Å². The molecule has 34 heavy (non-hydrogen) atoms. The third kappa shape index (κ3) is 4.45. The van der Waals surface area contributed by atoms with Crippen molar-refractivity contribution in [3.63, 3.8) is 0 Å². The molecule has 5 rings (SSSR count). The number of likely N-dealkylation sites (N-methyl/N-ethyl adjacent to an activating group) is 1. The molecule has 3 fully saturated rings. The molecule has 1 aromatic carbocycles. The van der Waals surface area contributed by atoms with Crippen molar-refractivity contribution < 1.29 is 9.18 Å². The summed E-state index contributed by atoms with van der Waals surface area (Å²) in [6.07, 6.45) is 4.87. The first-order valence-corrected chi connectivity index (χ1v) is 12.9. The molecule has 0 unspecified atom stereocenters. The highest BCUT2D eigenvalue weighted by atomic mass is 19.1. The van der Waals surface area contributed by atoms with Crippen LogP contribution in [0.3, 0.4) is 0 Å². The predicted molar refractivity (Wildman–Crippen MR) is 133 cm³/mol. The summed E-state index contributed by atoms with van der Waals surface area (Å²) in [5, 5.41) is 0.316. The number of benzene rings is 1. The average Bonchev–Trinajstić information content (AvgIpc) is 3.70. The fourth-order valence-corrected chi connectivity index (χ4v) is 5.37. The molecular formula is C26H36FN5O2.